The van der Waals surface area contributed by atoms with Gasteiger partial charge in [-0.15, -0.1) is 5.16 Å². The molecule has 0 radical (unpaired) electrons. The molecule has 47 heavy (non-hydrogen) atoms. The van der Waals surface area contributed by atoms with Gasteiger partial charge in [-0.2, -0.15) is 0 Å². The molecule has 12 nitrogen and oxygen atoms in total. The SMILES string of the molecule is CN(C)c1ccc2c(c1)CCN(c1cccc(-c3cc(Nc4ccc(C(=O)N5CCOCC5)cn4)c(=O)n(C)c3)c1CC=NO)C2=O. The van der Waals surface area contributed by atoms with E-state index in [0.29, 0.717) is 61.9 Å². The number of hydrogen-bond acceptors (Lipinski definition) is 9. The van der Waals surface area contributed by atoms with Crippen LogP contribution >= 0.6 is 0 Å². The zero-order chi connectivity index (χ0) is 33.1. The quantitative estimate of drug-likeness (QED) is 0.169. The van der Waals surface area contributed by atoms with Gasteiger partial charge in [0, 0.05) is 88.3 Å². The van der Waals surface area contributed by atoms with Gasteiger partial charge in [-0.3, -0.25) is 14.4 Å². The molecule has 0 bridgehead atoms. The summed E-state index contributed by atoms with van der Waals surface area (Å²) in [6, 6.07) is 16.7. The first-order valence-electron chi connectivity index (χ1n) is 15.5. The molecule has 1 saturated heterocycles. The molecule has 2 aliphatic heterocycles. The number of amides is 2. The van der Waals surface area contributed by atoms with Gasteiger partial charge in [0.2, 0.25) is 0 Å². The highest BCUT2D eigenvalue weighted by Gasteiger charge is 2.28. The predicted octanol–water partition coefficient (Wildman–Crippen LogP) is 3.93. The van der Waals surface area contributed by atoms with Crippen molar-refractivity contribution in [1.82, 2.24) is 14.5 Å². The number of carbonyl (C=O) groups is 2. The van der Waals surface area contributed by atoms with Crippen molar-refractivity contribution in [2.75, 3.05) is 62.1 Å². The molecule has 4 aromatic rings. The Labute approximate surface area is 272 Å². The molecule has 0 aliphatic carbocycles. The van der Waals surface area contributed by atoms with Gasteiger partial charge >= 0.3 is 0 Å². The molecule has 0 atom stereocenters. The third-order valence-corrected chi connectivity index (χ3v) is 8.57. The number of fused-ring (bicyclic) bond motifs is 1. The number of morpholine rings is 1. The smallest absolute Gasteiger partial charge is 0.274 e. The number of hydrogen-bond donors (Lipinski definition) is 2. The topological polar surface area (TPSA) is 133 Å². The molecule has 2 aromatic heterocycles. The van der Waals surface area contributed by atoms with Crippen molar-refractivity contribution in [2.45, 2.75) is 12.8 Å². The Balaban J connectivity index is 1.32. The monoisotopic (exact) mass is 635 g/mol. The van der Waals surface area contributed by atoms with Gasteiger partial charge in [0.05, 0.1) is 18.8 Å². The summed E-state index contributed by atoms with van der Waals surface area (Å²) >= 11 is 0. The number of nitrogens with zero attached hydrogens (tertiary/aromatic N) is 6. The average Bonchev–Trinajstić information content (AvgIpc) is 3.09. The van der Waals surface area contributed by atoms with Gasteiger partial charge in [-0.25, -0.2) is 4.98 Å². The molecule has 6 rings (SSSR count). The molecule has 4 heterocycles. The Bertz CT molecular complexity index is 1900. The van der Waals surface area contributed by atoms with Crippen molar-refractivity contribution in [3.63, 3.8) is 0 Å². The molecule has 0 spiro atoms. The standard InChI is InChI=1S/C35H37N7O5/c1-39(2)26-8-9-28-23(19-26)12-14-42(34(28)44)31-6-4-5-27(29(31)11-13-37-46)25-20-30(35(45)40(3)22-25)38-32-10-7-24(21-36-32)33(43)41-15-17-47-18-16-41/h4-10,13,19-22,46H,11-12,14-18H2,1-3H3,(H,36,38). The highest BCUT2D eigenvalue weighted by molar-refractivity contribution is 6.09. The molecule has 2 amide bonds. The number of pyridine rings is 2. The summed E-state index contributed by atoms with van der Waals surface area (Å²) in [7, 11) is 5.61. The molecular formula is C35H37N7O5. The summed E-state index contributed by atoms with van der Waals surface area (Å²) in [6.07, 6.45) is 5.57. The number of anilines is 4. The third kappa shape index (κ3) is 6.45. The van der Waals surface area contributed by atoms with E-state index in [1.165, 1.54) is 17.0 Å². The molecule has 242 valence electrons. The number of aryl methyl sites for hydroxylation is 1. The number of benzene rings is 2. The number of carbonyl (C=O) groups excluding carboxylic acids is 2. The van der Waals surface area contributed by atoms with Crippen LogP contribution in [0.15, 0.2) is 76.9 Å². The van der Waals surface area contributed by atoms with Crippen molar-refractivity contribution in [3.8, 4) is 11.1 Å². The summed E-state index contributed by atoms with van der Waals surface area (Å²) in [5.74, 6) is 0.201. The second-order valence-electron chi connectivity index (χ2n) is 11.8. The Morgan fingerprint density at radius 1 is 1.06 bits per heavy atom. The first-order valence-corrected chi connectivity index (χ1v) is 15.5. The molecule has 1 fully saturated rings. The minimum atomic E-state index is -0.265. The Kier molecular flexibility index (Phi) is 9.03. The minimum Gasteiger partial charge on any atom is -0.411 e. The van der Waals surface area contributed by atoms with E-state index in [1.807, 2.05) is 49.3 Å². The molecule has 2 N–H and O–H groups in total. The summed E-state index contributed by atoms with van der Waals surface area (Å²) in [6.45, 7) is 2.58. The lowest BCUT2D eigenvalue weighted by Crippen LogP contribution is -2.40. The fourth-order valence-electron chi connectivity index (χ4n) is 6.06. The van der Waals surface area contributed by atoms with Crippen LogP contribution in [0.2, 0.25) is 0 Å². The van der Waals surface area contributed by atoms with Crippen LogP contribution in [0.25, 0.3) is 11.1 Å². The second-order valence-corrected chi connectivity index (χ2v) is 11.8. The van der Waals surface area contributed by atoms with Crippen LogP contribution < -0.4 is 20.7 Å². The summed E-state index contributed by atoms with van der Waals surface area (Å²) in [5, 5.41) is 15.7. The normalized spacial score (nSPS) is 14.7. The Morgan fingerprint density at radius 2 is 1.87 bits per heavy atom. The Morgan fingerprint density at radius 3 is 2.60 bits per heavy atom. The van der Waals surface area contributed by atoms with Crippen LogP contribution in [-0.4, -0.2) is 84.6 Å². The molecule has 12 heteroatoms. The van der Waals surface area contributed by atoms with Crippen molar-refractivity contribution >= 4 is 40.9 Å². The highest BCUT2D eigenvalue weighted by Crippen LogP contribution is 2.35. The van der Waals surface area contributed by atoms with Gasteiger partial charge < -0.3 is 34.5 Å². The summed E-state index contributed by atoms with van der Waals surface area (Å²) in [5.41, 5.74) is 6.18. The fraction of sp³-hybridized carbons (Fsp3) is 0.286. The van der Waals surface area contributed by atoms with Gasteiger partial charge in [0.25, 0.3) is 17.4 Å². The van der Waals surface area contributed by atoms with E-state index in [2.05, 4.69) is 21.5 Å². The minimum absolute atomic E-state index is 0.0969. The van der Waals surface area contributed by atoms with Gasteiger partial charge in [0.15, 0.2) is 0 Å². The van der Waals surface area contributed by atoms with Gasteiger partial charge in [-0.1, -0.05) is 12.1 Å². The van der Waals surface area contributed by atoms with E-state index in [4.69, 9.17) is 4.74 Å². The zero-order valence-electron chi connectivity index (χ0n) is 26.6. The maximum atomic E-state index is 13.8. The van der Waals surface area contributed by atoms with E-state index in [0.717, 1.165) is 27.9 Å². The predicted molar refractivity (Wildman–Crippen MR) is 181 cm³/mol. The van der Waals surface area contributed by atoms with E-state index < -0.39 is 0 Å². The summed E-state index contributed by atoms with van der Waals surface area (Å²) in [4.78, 5) is 49.8. The summed E-state index contributed by atoms with van der Waals surface area (Å²) < 4.78 is 6.82. The first kappa shape index (κ1) is 31.5. The van der Waals surface area contributed by atoms with Gasteiger partial charge in [-0.05, 0) is 65.6 Å². The largest absolute Gasteiger partial charge is 0.411 e. The van der Waals surface area contributed by atoms with E-state index in [9.17, 15) is 19.6 Å². The van der Waals surface area contributed by atoms with Crippen LogP contribution in [0.1, 0.15) is 31.8 Å². The lowest BCUT2D eigenvalue weighted by Gasteiger charge is -2.31. The lowest BCUT2D eigenvalue weighted by atomic mass is 9.93. The zero-order valence-corrected chi connectivity index (χ0v) is 26.6. The number of rotatable bonds is 8. The maximum Gasteiger partial charge on any atom is 0.274 e. The molecular weight excluding hydrogens is 598 g/mol. The second kappa shape index (κ2) is 13.5. The Hall–Kier alpha value is -5.49. The highest BCUT2D eigenvalue weighted by atomic mass is 16.5. The average molecular weight is 636 g/mol. The first-order chi connectivity index (χ1) is 22.7. The number of oxime groups is 1. The lowest BCUT2D eigenvalue weighted by molar-refractivity contribution is 0.0302. The van der Waals surface area contributed by atoms with Crippen molar-refractivity contribution < 1.29 is 19.5 Å². The third-order valence-electron chi connectivity index (χ3n) is 8.57. The van der Waals surface area contributed by atoms with E-state index >= 15 is 0 Å². The number of aromatic nitrogens is 2. The van der Waals surface area contributed by atoms with Crippen LogP contribution in [-0.2, 0) is 24.6 Å². The molecule has 0 saturated carbocycles. The maximum absolute atomic E-state index is 13.8. The molecule has 0 unspecified atom stereocenters. The number of ether oxygens (including phenoxy) is 1. The van der Waals surface area contributed by atoms with E-state index in [1.54, 1.807) is 41.2 Å². The fourth-order valence-corrected chi connectivity index (χ4v) is 6.06. The van der Waals surface area contributed by atoms with Crippen LogP contribution in [0.4, 0.5) is 22.9 Å². The van der Waals surface area contributed by atoms with Crippen LogP contribution in [0, 0.1) is 0 Å². The van der Waals surface area contributed by atoms with E-state index in [-0.39, 0.29) is 29.5 Å². The van der Waals surface area contributed by atoms with Crippen molar-refractivity contribution in [3.05, 3.63) is 99.6 Å². The van der Waals surface area contributed by atoms with Crippen molar-refractivity contribution in [1.29, 1.82) is 0 Å². The van der Waals surface area contributed by atoms with Crippen LogP contribution in [0.3, 0.4) is 0 Å². The molecule has 2 aromatic carbocycles. The molecule has 2 aliphatic rings. The number of nitrogens with one attached hydrogen (secondary N) is 1. The van der Waals surface area contributed by atoms with Crippen molar-refractivity contribution in [2.24, 2.45) is 12.2 Å². The van der Waals surface area contributed by atoms with Gasteiger partial charge in [0.1, 0.15) is 11.5 Å². The van der Waals surface area contributed by atoms with Crippen LogP contribution in [0.5, 0.6) is 0 Å².